The molecule has 0 saturated heterocycles. The van der Waals surface area contributed by atoms with E-state index in [-0.39, 0.29) is 30.8 Å². The fourth-order valence-corrected chi connectivity index (χ4v) is 5.19. The maximum Gasteiger partial charge on any atom is 0.231 e. The maximum absolute atomic E-state index is 12.4. The minimum Gasteiger partial charge on any atom is -0.454 e. The number of fused-ring (bicyclic) bond motifs is 2. The van der Waals surface area contributed by atoms with Gasteiger partial charge in [0.05, 0.1) is 5.75 Å². The van der Waals surface area contributed by atoms with Crippen LogP contribution in [0.3, 0.4) is 0 Å². The van der Waals surface area contributed by atoms with Gasteiger partial charge in [0.25, 0.3) is 0 Å². The van der Waals surface area contributed by atoms with Crippen LogP contribution in [0.5, 0.6) is 11.5 Å². The molecule has 0 amide bonds. The van der Waals surface area contributed by atoms with E-state index in [4.69, 9.17) is 15.2 Å². The molecule has 0 unspecified atom stereocenters. The summed E-state index contributed by atoms with van der Waals surface area (Å²) in [5.41, 5.74) is 7.91. The average Bonchev–Trinajstić information content (AvgIpc) is 3.30. The van der Waals surface area contributed by atoms with Crippen LogP contribution in [0, 0.1) is 12.8 Å². The molecule has 10 nitrogen and oxygen atoms in total. The van der Waals surface area contributed by atoms with Gasteiger partial charge in [0.2, 0.25) is 16.8 Å². The molecule has 1 aliphatic heterocycles. The van der Waals surface area contributed by atoms with Crippen molar-refractivity contribution in [3.05, 3.63) is 24.0 Å². The highest BCUT2D eigenvalue weighted by atomic mass is 32.2. The maximum atomic E-state index is 12.4. The van der Waals surface area contributed by atoms with Crippen LogP contribution in [0.4, 0.5) is 5.82 Å². The summed E-state index contributed by atoms with van der Waals surface area (Å²) in [6.45, 7) is 6.62. The van der Waals surface area contributed by atoms with Gasteiger partial charge < -0.3 is 19.8 Å². The topological polar surface area (TPSA) is 134 Å². The Morgan fingerprint density at radius 3 is 2.74 bits per heavy atom. The number of anilines is 1. The summed E-state index contributed by atoms with van der Waals surface area (Å²) in [6.07, 6.45) is 1.35. The Morgan fingerprint density at radius 1 is 1.26 bits per heavy atom. The van der Waals surface area contributed by atoms with E-state index in [2.05, 4.69) is 19.7 Å². The van der Waals surface area contributed by atoms with Gasteiger partial charge in [-0.3, -0.25) is 0 Å². The predicted octanol–water partition coefficient (Wildman–Crippen LogP) is 2.17. The van der Waals surface area contributed by atoms with Crippen molar-refractivity contribution >= 4 is 38.8 Å². The number of imidazole rings is 1. The number of rotatable bonds is 8. The molecule has 0 aliphatic carbocycles. The summed E-state index contributed by atoms with van der Waals surface area (Å²) in [5.74, 6) is 1.72. The number of ether oxygens (including phenoxy) is 2. The van der Waals surface area contributed by atoms with Gasteiger partial charge in [-0.2, -0.15) is 0 Å². The molecule has 0 saturated carbocycles. The monoisotopic (exact) mass is 464 g/mol. The predicted molar refractivity (Wildman–Crippen MR) is 118 cm³/mol. The minimum absolute atomic E-state index is 0.108. The van der Waals surface area contributed by atoms with Gasteiger partial charge in [-0.25, -0.2) is 28.1 Å². The molecule has 3 N–H and O–H groups in total. The van der Waals surface area contributed by atoms with Crippen molar-refractivity contribution in [2.45, 2.75) is 37.4 Å². The number of nitrogens with one attached hydrogen (secondary N) is 1. The van der Waals surface area contributed by atoms with Crippen molar-refractivity contribution < 1.29 is 17.9 Å². The van der Waals surface area contributed by atoms with Crippen molar-refractivity contribution in [2.75, 3.05) is 24.8 Å². The summed E-state index contributed by atoms with van der Waals surface area (Å²) < 4.78 is 40.2. The number of nitrogens with zero attached hydrogens (tertiary/aromatic N) is 4. The third kappa shape index (κ3) is 4.70. The van der Waals surface area contributed by atoms with Crippen LogP contribution in [0.2, 0.25) is 0 Å². The lowest BCUT2D eigenvalue weighted by molar-refractivity contribution is 0.174. The van der Waals surface area contributed by atoms with Crippen LogP contribution in [-0.2, 0) is 16.6 Å². The fourth-order valence-electron chi connectivity index (χ4n) is 3.02. The second kappa shape index (κ2) is 8.52. The Hall–Kier alpha value is -2.57. The second-order valence-electron chi connectivity index (χ2n) is 7.61. The molecule has 0 bridgehead atoms. The molecule has 12 heteroatoms. The summed E-state index contributed by atoms with van der Waals surface area (Å²) in [4.78, 5) is 13.8. The molecular weight excluding hydrogens is 440 g/mol. The number of hydrogen-bond donors (Lipinski definition) is 2. The number of aryl methyl sites for hydroxylation is 2. The smallest absolute Gasteiger partial charge is 0.231 e. The lowest BCUT2D eigenvalue weighted by atomic mass is 10.2. The highest BCUT2D eigenvalue weighted by Crippen LogP contribution is 2.40. The summed E-state index contributed by atoms with van der Waals surface area (Å²) >= 11 is 1.39. The molecule has 1 aromatic carbocycles. The first-order chi connectivity index (χ1) is 14.7. The molecule has 31 heavy (non-hydrogen) atoms. The molecule has 0 radical (unpaired) electrons. The summed E-state index contributed by atoms with van der Waals surface area (Å²) in [5, 5.41) is 0.572. The Bertz CT molecular complexity index is 1230. The van der Waals surface area contributed by atoms with Crippen molar-refractivity contribution in [2.24, 2.45) is 5.92 Å². The number of hydrogen-bond acceptors (Lipinski definition) is 9. The van der Waals surface area contributed by atoms with Crippen LogP contribution < -0.4 is 19.9 Å². The molecule has 166 valence electrons. The molecule has 0 atom stereocenters. The van der Waals surface area contributed by atoms with Crippen LogP contribution in [0.25, 0.3) is 11.2 Å². The van der Waals surface area contributed by atoms with Crippen LogP contribution in [0.15, 0.2) is 28.5 Å². The van der Waals surface area contributed by atoms with E-state index in [0.29, 0.717) is 34.4 Å². The summed E-state index contributed by atoms with van der Waals surface area (Å²) in [7, 11) is -3.46. The Labute approximate surface area is 184 Å². The average molecular weight is 465 g/mol. The van der Waals surface area contributed by atoms with Gasteiger partial charge in [0, 0.05) is 18.0 Å². The Kier molecular flexibility index (Phi) is 5.95. The standard InChI is InChI=1S/C19H24N6O4S2/c1-11(2)8-23-31(26,27)5-4-25-18-16(17(20)21-9-22-18)24-19(25)30-15-7-14-13(6-12(15)3)28-10-29-14/h6-7,9,11,23H,4-5,8,10H2,1-3H3,(H2,20,21,22). The van der Waals surface area contributed by atoms with Gasteiger partial charge in [0.15, 0.2) is 33.6 Å². The third-order valence-electron chi connectivity index (χ3n) is 4.69. The van der Waals surface area contributed by atoms with Crippen molar-refractivity contribution in [3.8, 4) is 11.5 Å². The summed E-state index contributed by atoms with van der Waals surface area (Å²) in [6, 6.07) is 3.80. The zero-order valence-corrected chi connectivity index (χ0v) is 19.1. The molecule has 0 fully saturated rings. The van der Waals surface area contributed by atoms with Gasteiger partial charge in [-0.05, 0) is 30.5 Å². The largest absolute Gasteiger partial charge is 0.454 e. The number of nitrogens with two attached hydrogens (primary N) is 1. The van der Waals surface area contributed by atoms with Crippen molar-refractivity contribution in [1.29, 1.82) is 0 Å². The minimum atomic E-state index is -3.46. The first-order valence-corrected chi connectivity index (χ1v) is 12.2. The molecule has 3 aromatic rings. The van der Waals surface area contributed by atoms with Crippen LogP contribution in [0.1, 0.15) is 19.4 Å². The molecular formula is C19H24N6O4S2. The van der Waals surface area contributed by atoms with E-state index >= 15 is 0 Å². The van der Waals surface area contributed by atoms with E-state index in [1.165, 1.54) is 18.1 Å². The highest BCUT2D eigenvalue weighted by Gasteiger charge is 2.21. The normalized spacial score (nSPS) is 13.4. The first kappa shape index (κ1) is 21.7. The lowest BCUT2D eigenvalue weighted by Crippen LogP contribution is -2.31. The fraction of sp³-hybridized carbons (Fsp3) is 0.421. The number of benzene rings is 1. The number of sulfonamides is 1. The van der Waals surface area contributed by atoms with Gasteiger partial charge in [-0.1, -0.05) is 25.6 Å². The van der Waals surface area contributed by atoms with E-state index in [1.54, 1.807) is 4.57 Å². The first-order valence-electron chi connectivity index (χ1n) is 9.75. The molecule has 3 heterocycles. The zero-order chi connectivity index (χ0) is 22.2. The molecule has 1 aliphatic rings. The highest BCUT2D eigenvalue weighted by molar-refractivity contribution is 7.99. The van der Waals surface area contributed by atoms with Gasteiger partial charge in [0.1, 0.15) is 6.33 Å². The Balaban J connectivity index is 1.67. The second-order valence-corrected chi connectivity index (χ2v) is 10.5. The van der Waals surface area contributed by atoms with E-state index in [9.17, 15) is 8.42 Å². The van der Waals surface area contributed by atoms with Crippen molar-refractivity contribution in [1.82, 2.24) is 24.2 Å². The molecule has 4 rings (SSSR count). The zero-order valence-electron chi connectivity index (χ0n) is 17.5. The number of nitrogen functional groups attached to an aromatic ring is 1. The molecule has 2 aromatic heterocycles. The third-order valence-corrected chi connectivity index (χ3v) is 7.17. The van der Waals surface area contributed by atoms with Crippen molar-refractivity contribution in [3.63, 3.8) is 0 Å². The van der Waals surface area contributed by atoms with E-state index in [1.807, 2.05) is 32.9 Å². The molecule has 0 spiro atoms. The number of aromatic nitrogens is 4. The Morgan fingerprint density at radius 2 is 2.00 bits per heavy atom. The SMILES string of the molecule is Cc1cc2c(cc1Sc1nc3c(N)ncnc3n1CCS(=O)(=O)NCC(C)C)OCO2. The van der Waals surface area contributed by atoms with E-state index in [0.717, 1.165) is 10.5 Å². The lowest BCUT2D eigenvalue weighted by Gasteiger charge is -2.12. The quantitative estimate of drug-likeness (QED) is 0.514. The van der Waals surface area contributed by atoms with E-state index < -0.39 is 10.0 Å². The van der Waals surface area contributed by atoms with Crippen LogP contribution >= 0.6 is 11.8 Å². The van der Waals surface area contributed by atoms with Crippen LogP contribution in [-0.4, -0.2) is 47.0 Å². The van der Waals surface area contributed by atoms with Gasteiger partial charge in [-0.15, -0.1) is 0 Å². The van der Waals surface area contributed by atoms with Gasteiger partial charge >= 0.3 is 0 Å².